The van der Waals surface area contributed by atoms with E-state index in [-0.39, 0.29) is 5.69 Å². The maximum absolute atomic E-state index is 10.7. The molecule has 0 radical (unpaired) electrons. The molecule has 6 heteroatoms. The first-order valence-electron chi connectivity index (χ1n) is 5.86. The van der Waals surface area contributed by atoms with Crippen molar-refractivity contribution in [1.82, 2.24) is 4.98 Å². The van der Waals surface area contributed by atoms with Crippen LogP contribution in [-0.2, 0) is 0 Å². The fourth-order valence-corrected chi connectivity index (χ4v) is 2.25. The lowest BCUT2D eigenvalue weighted by molar-refractivity contribution is -0.384. The Morgan fingerprint density at radius 3 is 2.75 bits per heavy atom. The Morgan fingerprint density at radius 2 is 2.05 bits per heavy atom. The number of aromatic nitrogens is 1. The van der Waals surface area contributed by atoms with E-state index in [1.54, 1.807) is 6.07 Å². The number of rotatable bonds is 2. The van der Waals surface area contributed by atoms with Crippen molar-refractivity contribution in [3.8, 4) is 11.5 Å². The van der Waals surface area contributed by atoms with E-state index in [0.717, 1.165) is 5.56 Å². The number of oxazole rings is 1. The van der Waals surface area contributed by atoms with E-state index in [9.17, 15) is 10.1 Å². The van der Waals surface area contributed by atoms with E-state index in [1.807, 2.05) is 25.1 Å². The van der Waals surface area contributed by atoms with Crippen LogP contribution in [0.3, 0.4) is 0 Å². The number of halogens is 1. The van der Waals surface area contributed by atoms with E-state index in [1.165, 1.54) is 12.1 Å². The Hall–Kier alpha value is -2.40. The van der Waals surface area contributed by atoms with Crippen molar-refractivity contribution in [3.63, 3.8) is 0 Å². The second-order valence-electron chi connectivity index (χ2n) is 4.41. The van der Waals surface area contributed by atoms with E-state index in [0.29, 0.717) is 27.6 Å². The van der Waals surface area contributed by atoms with Crippen LogP contribution in [0.1, 0.15) is 5.56 Å². The first-order chi connectivity index (χ1) is 9.54. The van der Waals surface area contributed by atoms with Crippen LogP contribution in [0.15, 0.2) is 40.8 Å². The van der Waals surface area contributed by atoms with Gasteiger partial charge in [-0.25, -0.2) is 4.98 Å². The van der Waals surface area contributed by atoms with Crippen LogP contribution in [0.2, 0.25) is 5.02 Å². The number of non-ortho nitro benzene ring substituents is 1. The van der Waals surface area contributed by atoms with E-state index >= 15 is 0 Å². The van der Waals surface area contributed by atoms with Crippen LogP contribution in [0.4, 0.5) is 5.69 Å². The molecule has 0 fully saturated rings. The molecule has 0 unspecified atom stereocenters. The van der Waals surface area contributed by atoms with Crippen LogP contribution in [0.5, 0.6) is 0 Å². The molecule has 0 saturated heterocycles. The summed E-state index contributed by atoms with van der Waals surface area (Å²) in [5.74, 6) is 0.352. The van der Waals surface area contributed by atoms with E-state index < -0.39 is 4.92 Å². The molecule has 100 valence electrons. The quantitative estimate of drug-likeness (QED) is 0.519. The molecule has 2 aromatic carbocycles. The van der Waals surface area contributed by atoms with Gasteiger partial charge in [-0.15, -0.1) is 0 Å². The number of hydrogen-bond acceptors (Lipinski definition) is 4. The molecule has 3 aromatic rings. The first-order valence-corrected chi connectivity index (χ1v) is 6.24. The standard InChI is InChI=1S/C14H9ClN2O3/c1-8-2-4-10(11(15)6-8)14-16-12-5-3-9(17(18)19)7-13(12)20-14/h2-7H,1H3. The molecule has 0 saturated carbocycles. The molecule has 0 amide bonds. The average molecular weight is 289 g/mol. The van der Waals surface area contributed by atoms with Gasteiger partial charge in [-0.2, -0.15) is 0 Å². The summed E-state index contributed by atoms with van der Waals surface area (Å²) < 4.78 is 5.57. The third-order valence-corrected chi connectivity index (χ3v) is 3.25. The highest BCUT2D eigenvalue weighted by atomic mass is 35.5. The zero-order valence-electron chi connectivity index (χ0n) is 10.5. The number of nitro groups is 1. The predicted octanol–water partition coefficient (Wildman–Crippen LogP) is 4.36. The molecule has 0 N–H and O–H groups in total. The van der Waals surface area contributed by atoms with Gasteiger partial charge in [-0.3, -0.25) is 10.1 Å². The largest absolute Gasteiger partial charge is 0.436 e. The Morgan fingerprint density at radius 1 is 1.25 bits per heavy atom. The zero-order valence-corrected chi connectivity index (χ0v) is 11.2. The van der Waals surface area contributed by atoms with E-state index in [2.05, 4.69) is 4.98 Å². The number of benzene rings is 2. The normalized spacial score (nSPS) is 10.9. The molecule has 0 aliphatic heterocycles. The molecule has 3 rings (SSSR count). The summed E-state index contributed by atoms with van der Waals surface area (Å²) in [4.78, 5) is 14.6. The first kappa shape index (κ1) is 12.6. The molecule has 1 heterocycles. The Labute approximate surface area is 119 Å². The minimum Gasteiger partial charge on any atom is -0.436 e. The van der Waals surface area contributed by atoms with Gasteiger partial charge in [0, 0.05) is 6.07 Å². The summed E-state index contributed by atoms with van der Waals surface area (Å²) >= 11 is 6.17. The zero-order chi connectivity index (χ0) is 14.3. The number of hydrogen-bond donors (Lipinski definition) is 0. The molecular formula is C14H9ClN2O3. The molecule has 0 spiro atoms. The summed E-state index contributed by atoms with van der Waals surface area (Å²) in [7, 11) is 0. The summed E-state index contributed by atoms with van der Waals surface area (Å²) in [5.41, 5.74) is 2.59. The topological polar surface area (TPSA) is 69.2 Å². The van der Waals surface area contributed by atoms with Gasteiger partial charge in [0.2, 0.25) is 5.89 Å². The molecular weight excluding hydrogens is 280 g/mol. The molecule has 0 atom stereocenters. The molecule has 0 bridgehead atoms. The van der Waals surface area contributed by atoms with Crippen LogP contribution < -0.4 is 0 Å². The van der Waals surface area contributed by atoms with Gasteiger partial charge in [0.05, 0.1) is 21.6 Å². The second kappa shape index (κ2) is 4.61. The molecule has 20 heavy (non-hydrogen) atoms. The van der Waals surface area contributed by atoms with Gasteiger partial charge in [-0.05, 0) is 30.7 Å². The van der Waals surface area contributed by atoms with Crippen molar-refractivity contribution < 1.29 is 9.34 Å². The highest BCUT2D eigenvalue weighted by molar-refractivity contribution is 6.33. The van der Waals surface area contributed by atoms with Gasteiger partial charge in [0.1, 0.15) is 5.52 Å². The minimum atomic E-state index is -0.472. The molecule has 0 aliphatic rings. The van der Waals surface area contributed by atoms with Gasteiger partial charge >= 0.3 is 0 Å². The monoisotopic (exact) mass is 288 g/mol. The van der Waals surface area contributed by atoms with Crippen molar-refractivity contribution in [2.45, 2.75) is 6.92 Å². The van der Waals surface area contributed by atoms with Crippen LogP contribution in [-0.4, -0.2) is 9.91 Å². The van der Waals surface area contributed by atoms with Gasteiger partial charge in [-0.1, -0.05) is 17.7 Å². The summed E-state index contributed by atoms with van der Waals surface area (Å²) in [6.07, 6.45) is 0. The summed E-state index contributed by atoms with van der Waals surface area (Å²) in [5, 5.41) is 11.3. The fraction of sp³-hybridized carbons (Fsp3) is 0.0714. The predicted molar refractivity (Wildman–Crippen MR) is 75.8 cm³/mol. The molecule has 0 aliphatic carbocycles. The molecule has 1 aromatic heterocycles. The van der Waals surface area contributed by atoms with Gasteiger partial charge in [0.15, 0.2) is 5.58 Å². The number of aryl methyl sites for hydroxylation is 1. The summed E-state index contributed by atoms with van der Waals surface area (Å²) in [6, 6.07) is 9.84. The van der Waals surface area contributed by atoms with E-state index in [4.69, 9.17) is 16.0 Å². The van der Waals surface area contributed by atoms with Crippen molar-refractivity contribution in [3.05, 3.63) is 57.1 Å². The van der Waals surface area contributed by atoms with Crippen LogP contribution in [0.25, 0.3) is 22.6 Å². The Kier molecular flexibility index (Phi) is 2.91. The molecule has 5 nitrogen and oxygen atoms in total. The lowest BCUT2D eigenvalue weighted by atomic mass is 10.1. The number of nitro benzene ring substituents is 1. The van der Waals surface area contributed by atoms with Crippen LogP contribution in [0, 0.1) is 17.0 Å². The fourth-order valence-electron chi connectivity index (χ4n) is 1.94. The summed E-state index contributed by atoms with van der Waals surface area (Å²) in [6.45, 7) is 1.94. The SMILES string of the molecule is Cc1ccc(-c2nc3ccc([N+](=O)[O-])cc3o2)c(Cl)c1. The minimum absolute atomic E-state index is 0.0322. The maximum atomic E-state index is 10.7. The van der Waals surface area contributed by atoms with Crippen molar-refractivity contribution in [1.29, 1.82) is 0 Å². The smallest absolute Gasteiger partial charge is 0.273 e. The lowest BCUT2D eigenvalue weighted by Gasteiger charge is -2.00. The highest BCUT2D eigenvalue weighted by Gasteiger charge is 2.14. The Balaban J connectivity index is 2.15. The van der Waals surface area contributed by atoms with Crippen molar-refractivity contribution in [2.75, 3.05) is 0 Å². The Bertz CT molecular complexity index is 826. The van der Waals surface area contributed by atoms with Crippen LogP contribution >= 0.6 is 11.6 Å². The third kappa shape index (κ3) is 2.12. The van der Waals surface area contributed by atoms with Crippen molar-refractivity contribution in [2.24, 2.45) is 0 Å². The number of fused-ring (bicyclic) bond motifs is 1. The average Bonchev–Trinajstić information content (AvgIpc) is 2.80. The number of nitrogens with zero attached hydrogens (tertiary/aromatic N) is 2. The maximum Gasteiger partial charge on any atom is 0.273 e. The van der Waals surface area contributed by atoms with Gasteiger partial charge < -0.3 is 4.42 Å². The van der Waals surface area contributed by atoms with Gasteiger partial charge in [0.25, 0.3) is 5.69 Å². The lowest BCUT2D eigenvalue weighted by Crippen LogP contribution is -1.86. The second-order valence-corrected chi connectivity index (χ2v) is 4.82. The third-order valence-electron chi connectivity index (χ3n) is 2.94. The highest BCUT2D eigenvalue weighted by Crippen LogP contribution is 2.31. The van der Waals surface area contributed by atoms with Crippen molar-refractivity contribution >= 4 is 28.4 Å².